The van der Waals surface area contributed by atoms with Crippen LogP contribution < -0.4 is 9.64 Å². The quantitative estimate of drug-likeness (QED) is 0.864. The zero-order valence-electron chi connectivity index (χ0n) is 12.7. The van der Waals surface area contributed by atoms with Crippen LogP contribution in [0.15, 0.2) is 18.2 Å². The molecule has 0 saturated heterocycles. The SMILES string of the molecule is CC(C)(C)OC(=O)N1CC2(CC2)Oc2c(CO)cccc21. The van der Waals surface area contributed by atoms with Gasteiger partial charge < -0.3 is 14.6 Å². The van der Waals surface area contributed by atoms with E-state index in [4.69, 9.17) is 9.47 Å². The molecule has 0 radical (unpaired) electrons. The third-order valence-corrected chi connectivity index (χ3v) is 3.72. The molecule has 5 heteroatoms. The Hall–Kier alpha value is -1.75. The standard InChI is InChI=1S/C16H21NO4/c1-15(2,3)21-14(19)17-10-16(7-8-16)20-13-11(9-18)5-4-6-12(13)17/h4-6,18H,7-10H2,1-3H3. The number of aliphatic hydroxyl groups excluding tert-OH is 1. The van der Waals surface area contributed by atoms with E-state index in [0.717, 1.165) is 12.8 Å². The minimum absolute atomic E-state index is 0.110. The fourth-order valence-electron chi connectivity index (χ4n) is 2.53. The summed E-state index contributed by atoms with van der Waals surface area (Å²) >= 11 is 0. The predicted molar refractivity (Wildman–Crippen MR) is 78.5 cm³/mol. The topological polar surface area (TPSA) is 59.0 Å². The molecule has 0 unspecified atom stereocenters. The lowest BCUT2D eigenvalue weighted by Crippen LogP contribution is -2.47. The lowest BCUT2D eigenvalue weighted by molar-refractivity contribution is 0.0535. The lowest BCUT2D eigenvalue weighted by atomic mass is 10.1. The Morgan fingerprint density at radius 3 is 2.71 bits per heavy atom. The summed E-state index contributed by atoms with van der Waals surface area (Å²) in [5.41, 5.74) is 0.538. The number of rotatable bonds is 1. The van der Waals surface area contributed by atoms with E-state index in [1.54, 1.807) is 4.90 Å². The molecule has 1 spiro atoms. The lowest BCUT2D eigenvalue weighted by Gasteiger charge is -2.37. The highest BCUT2D eigenvalue weighted by Gasteiger charge is 2.52. The van der Waals surface area contributed by atoms with Crippen LogP contribution in [0.1, 0.15) is 39.2 Å². The van der Waals surface area contributed by atoms with Gasteiger partial charge in [-0.15, -0.1) is 0 Å². The van der Waals surface area contributed by atoms with Crippen LogP contribution in [-0.2, 0) is 11.3 Å². The van der Waals surface area contributed by atoms with Gasteiger partial charge in [0.05, 0.1) is 18.8 Å². The Kier molecular flexibility index (Phi) is 3.13. The second-order valence-electron chi connectivity index (χ2n) is 6.78. The van der Waals surface area contributed by atoms with Gasteiger partial charge in [0, 0.05) is 5.56 Å². The molecule has 0 aromatic heterocycles. The van der Waals surface area contributed by atoms with E-state index in [2.05, 4.69) is 0 Å². The maximum Gasteiger partial charge on any atom is 0.415 e. The Morgan fingerprint density at radius 1 is 1.43 bits per heavy atom. The number of aliphatic hydroxyl groups is 1. The summed E-state index contributed by atoms with van der Waals surface area (Å²) in [5.74, 6) is 0.606. The van der Waals surface area contributed by atoms with Gasteiger partial charge in [-0.05, 0) is 39.7 Å². The van der Waals surface area contributed by atoms with Crippen LogP contribution in [0.25, 0.3) is 0 Å². The molecule has 0 atom stereocenters. The fraction of sp³-hybridized carbons (Fsp3) is 0.562. The van der Waals surface area contributed by atoms with Gasteiger partial charge in [0.1, 0.15) is 17.0 Å². The monoisotopic (exact) mass is 291 g/mol. The molecule has 1 aliphatic heterocycles. The second-order valence-corrected chi connectivity index (χ2v) is 6.78. The third kappa shape index (κ3) is 2.70. The van der Waals surface area contributed by atoms with Crippen molar-refractivity contribution in [2.24, 2.45) is 0 Å². The van der Waals surface area contributed by atoms with Gasteiger partial charge in [0.25, 0.3) is 0 Å². The molecule has 114 valence electrons. The van der Waals surface area contributed by atoms with Crippen molar-refractivity contribution < 1.29 is 19.4 Å². The van der Waals surface area contributed by atoms with Crippen molar-refractivity contribution >= 4 is 11.8 Å². The molecule has 1 heterocycles. The van der Waals surface area contributed by atoms with Gasteiger partial charge in [-0.2, -0.15) is 0 Å². The first-order valence-corrected chi connectivity index (χ1v) is 7.26. The first-order chi connectivity index (χ1) is 9.84. The van der Waals surface area contributed by atoms with E-state index in [1.165, 1.54) is 0 Å². The molecule has 3 rings (SSSR count). The Balaban J connectivity index is 1.97. The summed E-state index contributed by atoms with van der Waals surface area (Å²) in [6.07, 6.45) is 1.48. The predicted octanol–water partition coefficient (Wildman–Crippen LogP) is 2.85. The average molecular weight is 291 g/mol. The van der Waals surface area contributed by atoms with E-state index in [-0.39, 0.29) is 18.3 Å². The van der Waals surface area contributed by atoms with Gasteiger partial charge in [-0.3, -0.25) is 4.90 Å². The second kappa shape index (κ2) is 4.63. The summed E-state index contributed by atoms with van der Waals surface area (Å²) in [5, 5.41) is 9.48. The first kappa shape index (κ1) is 14.2. The maximum absolute atomic E-state index is 12.5. The molecule has 21 heavy (non-hydrogen) atoms. The van der Waals surface area contributed by atoms with E-state index in [0.29, 0.717) is 23.5 Å². The molecule has 1 aliphatic carbocycles. The van der Waals surface area contributed by atoms with E-state index in [9.17, 15) is 9.90 Å². The van der Waals surface area contributed by atoms with Crippen molar-refractivity contribution in [3.8, 4) is 5.75 Å². The number of ether oxygens (including phenoxy) is 2. The Labute approximate surface area is 124 Å². The van der Waals surface area contributed by atoms with Crippen molar-refractivity contribution in [1.29, 1.82) is 0 Å². The normalized spacial score (nSPS) is 19.0. The van der Waals surface area contributed by atoms with Gasteiger partial charge >= 0.3 is 6.09 Å². The summed E-state index contributed by atoms with van der Waals surface area (Å²) in [4.78, 5) is 14.1. The van der Waals surface area contributed by atoms with E-state index >= 15 is 0 Å². The number of hydrogen-bond donors (Lipinski definition) is 1. The number of nitrogens with zero attached hydrogens (tertiary/aromatic N) is 1. The van der Waals surface area contributed by atoms with Crippen molar-refractivity contribution in [3.05, 3.63) is 23.8 Å². The van der Waals surface area contributed by atoms with E-state index in [1.807, 2.05) is 39.0 Å². The molecule has 5 nitrogen and oxygen atoms in total. The molecular formula is C16H21NO4. The highest BCUT2D eigenvalue weighted by molar-refractivity contribution is 5.91. The van der Waals surface area contributed by atoms with Crippen LogP contribution in [0, 0.1) is 0 Å². The van der Waals surface area contributed by atoms with Crippen molar-refractivity contribution in [3.63, 3.8) is 0 Å². The molecule has 1 saturated carbocycles. The van der Waals surface area contributed by atoms with Crippen LogP contribution in [0.3, 0.4) is 0 Å². The molecule has 1 aromatic rings. The number of fused-ring (bicyclic) bond motifs is 1. The summed E-state index contributed by atoms with van der Waals surface area (Å²) in [6, 6.07) is 5.46. The number of hydrogen-bond acceptors (Lipinski definition) is 4. The maximum atomic E-state index is 12.5. The number of anilines is 1. The molecule has 2 aliphatic rings. The van der Waals surface area contributed by atoms with Crippen LogP contribution in [-0.4, -0.2) is 28.9 Å². The zero-order chi connectivity index (χ0) is 15.3. The summed E-state index contributed by atoms with van der Waals surface area (Å²) in [6.45, 7) is 5.95. The molecule has 1 aromatic carbocycles. The van der Waals surface area contributed by atoms with Crippen LogP contribution in [0.5, 0.6) is 5.75 Å². The van der Waals surface area contributed by atoms with Crippen molar-refractivity contribution in [2.75, 3.05) is 11.4 Å². The Bertz CT molecular complexity index is 572. The number of carbonyl (C=O) groups is 1. The summed E-state index contributed by atoms with van der Waals surface area (Å²) in [7, 11) is 0. The Morgan fingerprint density at radius 2 is 2.14 bits per heavy atom. The van der Waals surface area contributed by atoms with Crippen LogP contribution >= 0.6 is 0 Å². The van der Waals surface area contributed by atoms with E-state index < -0.39 is 5.60 Å². The van der Waals surface area contributed by atoms with Gasteiger partial charge in [0.15, 0.2) is 0 Å². The first-order valence-electron chi connectivity index (χ1n) is 7.26. The molecule has 0 bridgehead atoms. The highest BCUT2D eigenvalue weighted by atomic mass is 16.6. The highest BCUT2D eigenvalue weighted by Crippen LogP contribution is 2.49. The van der Waals surface area contributed by atoms with Gasteiger partial charge in [-0.1, -0.05) is 12.1 Å². The average Bonchev–Trinajstić information content (AvgIpc) is 3.14. The van der Waals surface area contributed by atoms with Crippen molar-refractivity contribution in [1.82, 2.24) is 0 Å². The van der Waals surface area contributed by atoms with Gasteiger partial charge in [0.2, 0.25) is 0 Å². The number of benzene rings is 1. The molecular weight excluding hydrogens is 270 g/mol. The number of amides is 1. The number of carbonyl (C=O) groups excluding carboxylic acids is 1. The molecule has 1 fully saturated rings. The number of para-hydroxylation sites is 1. The fourth-order valence-corrected chi connectivity index (χ4v) is 2.53. The minimum atomic E-state index is -0.541. The third-order valence-electron chi connectivity index (χ3n) is 3.72. The molecule has 1 amide bonds. The zero-order valence-corrected chi connectivity index (χ0v) is 12.7. The van der Waals surface area contributed by atoms with Crippen LogP contribution in [0.4, 0.5) is 10.5 Å². The summed E-state index contributed by atoms with van der Waals surface area (Å²) < 4.78 is 11.6. The smallest absolute Gasteiger partial charge is 0.415 e. The largest absolute Gasteiger partial charge is 0.483 e. The minimum Gasteiger partial charge on any atom is -0.483 e. The molecule has 1 N–H and O–H groups in total. The van der Waals surface area contributed by atoms with Crippen LogP contribution in [0.2, 0.25) is 0 Å². The van der Waals surface area contributed by atoms with Crippen molar-refractivity contribution in [2.45, 2.75) is 51.4 Å². The van der Waals surface area contributed by atoms with Gasteiger partial charge in [-0.25, -0.2) is 4.79 Å².